The number of ether oxygens (including phenoxy) is 1. The summed E-state index contributed by atoms with van der Waals surface area (Å²) in [6.07, 6.45) is 0.686. The van der Waals surface area contributed by atoms with E-state index in [9.17, 15) is 18.0 Å². The first-order valence-corrected chi connectivity index (χ1v) is 11.7. The van der Waals surface area contributed by atoms with Crippen LogP contribution < -0.4 is 14.9 Å². The molecule has 0 unspecified atom stereocenters. The summed E-state index contributed by atoms with van der Waals surface area (Å²) >= 11 is 0. The number of nitrogens with zero attached hydrogens (tertiary/aromatic N) is 1. The number of para-hydroxylation sites is 1. The molecule has 0 aliphatic carbocycles. The molecule has 0 fully saturated rings. The molecule has 2 N–H and O–H groups in total. The monoisotopic (exact) mass is 447 g/mol. The fraction of sp³-hybridized carbons (Fsp3) is 0.364. The third-order valence-electron chi connectivity index (χ3n) is 4.64. The van der Waals surface area contributed by atoms with Gasteiger partial charge in [0.05, 0.1) is 22.7 Å². The average molecular weight is 448 g/mol. The Morgan fingerprint density at radius 1 is 1.00 bits per heavy atom. The zero-order chi connectivity index (χ0) is 22.9. The van der Waals surface area contributed by atoms with Gasteiger partial charge in [0.25, 0.3) is 11.8 Å². The molecule has 31 heavy (non-hydrogen) atoms. The van der Waals surface area contributed by atoms with Gasteiger partial charge in [0.1, 0.15) is 0 Å². The maximum Gasteiger partial charge on any atom is 0.255 e. The Kier molecular flexibility index (Phi) is 9.02. The molecule has 0 bridgehead atoms. The summed E-state index contributed by atoms with van der Waals surface area (Å²) in [6, 6.07) is 13.1. The molecule has 2 amide bonds. The predicted octanol–water partition coefficient (Wildman–Crippen LogP) is 2.88. The van der Waals surface area contributed by atoms with Crippen molar-refractivity contribution in [3.05, 3.63) is 59.7 Å². The van der Waals surface area contributed by atoms with Crippen molar-refractivity contribution in [1.82, 2.24) is 5.32 Å². The minimum absolute atomic E-state index is 0.00655. The lowest BCUT2D eigenvalue weighted by Crippen LogP contribution is -2.32. The summed E-state index contributed by atoms with van der Waals surface area (Å²) in [7, 11) is -1.79. The van der Waals surface area contributed by atoms with E-state index in [4.69, 9.17) is 4.74 Å². The van der Waals surface area contributed by atoms with Gasteiger partial charge < -0.3 is 15.4 Å². The Bertz CT molecular complexity index is 990. The van der Waals surface area contributed by atoms with Gasteiger partial charge in [0, 0.05) is 32.4 Å². The van der Waals surface area contributed by atoms with E-state index < -0.39 is 15.9 Å². The molecule has 0 aliphatic heterocycles. The minimum atomic E-state index is -3.39. The van der Waals surface area contributed by atoms with Gasteiger partial charge in [-0.25, -0.2) is 8.42 Å². The number of rotatable bonds is 11. The van der Waals surface area contributed by atoms with Gasteiger partial charge in [-0.1, -0.05) is 12.1 Å². The van der Waals surface area contributed by atoms with Crippen LogP contribution >= 0.6 is 0 Å². The van der Waals surface area contributed by atoms with E-state index >= 15 is 0 Å². The molecular weight excluding hydrogens is 418 g/mol. The number of nitrogens with one attached hydrogen (secondary N) is 2. The maximum atomic E-state index is 12.7. The Hall–Kier alpha value is -2.91. The highest BCUT2D eigenvalue weighted by molar-refractivity contribution is 7.92. The summed E-state index contributed by atoms with van der Waals surface area (Å²) < 4.78 is 30.7. The number of hydrogen-bond acceptors (Lipinski definition) is 5. The highest BCUT2D eigenvalue weighted by atomic mass is 32.2. The zero-order valence-electron chi connectivity index (χ0n) is 18.1. The highest BCUT2D eigenvalue weighted by Crippen LogP contribution is 2.21. The predicted molar refractivity (Wildman–Crippen MR) is 122 cm³/mol. The van der Waals surface area contributed by atoms with Gasteiger partial charge in [-0.3, -0.25) is 13.9 Å². The van der Waals surface area contributed by atoms with E-state index in [1.807, 2.05) is 0 Å². The molecule has 8 nitrogen and oxygen atoms in total. The van der Waals surface area contributed by atoms with Gasteiger partial charge in [0.15, 0.2) is 0 Å². The number of carbonyl (C=O) groups is 2. The van der Waals surface area contributed by atoms with Crippen molar-refractivity contribution in [2.45, 2.75) is 20.3 Å². The van der Waals surface area contributed by atoms with E-state index in [2.05, 4.69) is 10.6 Å². The zero-order valence-corrected chi connectivity index (χ0v) is 18.9. The van der Waals surface area contributed by atoms with Crippen molar-refractivity contribution < 1.29 is 22.7 Å². The summed E-state index contributed by atoms with van der Waals surface area (Å²) in [5.41, 5.74) is 1.60. The second kappa shape index (κ2) is 11.5. The lowest BCUT2D eigenvalue weighted by Gasteiger charge is -2.22. The molecule has 168 valence electrons. The fourth-order valence-electron chi connectivity index (χ4n) is 2.97. The van der Waals surface area contributed by atoms with E-state index in [0.717, 1.165) is 0 Å². The highest BCUT2D eigenvalue weighted by Gasteiger charge is 2.19. The van der Waals surface area contributed by atoms with Crippen LogP contribution in [0.15, 0.2) is 48.5 Å². The molecule has 0 aromatic heterocycles. The number of benzene rings is 2. The lowest BCUT2D eigenvalue weighted by molar-refractivity contribution is 0.0949. The molecule has 2 aromatic rings. The first-order valence-electron chi connectivity index (χ1n) is 10.1. The third kappa shape index (κ3) is 6.53. The molecule has 2 aromatic carbocycles. The quantitative estimate of drug-likeness (QED) is 0.516. The number of sulfonamides is 1. The van der Waals surface area contributed by atoms with E-state index in [1.54, 1.807) is 69.5 Å². The summed E-state index contributed by atoms with van der Waals surface area (Å²) in [4.78, 5) is 25.2. The van der Waals surface area contributed by atoms with Crippen molar-refractivity contribution in [2.75, 3.05) is 42.2 Å². The van der Waals surface area contributed by atoms with Crippen molar-refractivity contribution in [3.8, 4) is 0 Å². The first-order chi connectivity index (χ1) is 14.8. The van der Waals surface area contributed by atoms with Gasteiger partial charge in [-0.05, 0) is 56.7 Å². The summed E-state index contributed by atoms with van der Waals surface area (Å²) in [5, 5.41) is 5.56. The van der Waals surface area contributed by atoms with E-state index in [1.165, 1.54) is 4.31 Å². The fourth-order valence-corrected chi connectivity index (χ4v) is 4.12. The Labute approximate surface area is 183 Å². The molecule has 0 radical (unpaired) electrons. The number of hydrogen-bond donors (Lipinski definition) is 2. The van der Waals surface area contributed by atoms with Crippen LogP contribution in [0, 0.1) is 0 Å². The maximum absolute atomic E-state index is 12.7. The Morgan fingerprint density at radius 2 is 1.68 bits per heavy atom. The van der Waals surface area contributed by atoms with Crippen LogP contribution in [0.25, 0.3) is 0 Å². The summed E-state index contributed by atoms with van der Waals surface area (Å²) in [5.74, 6) is -0.689. The van der Waals surface area contributed by atoms with Crippen LogP contribution in [0.5, 0.6) is 0 Å². The smallest absolute Gasteiger partial charge is 0.255 e. The van der Waals surface area contributed by atoms with Crippen LogP contribution in [-0.4, -0.2) is 52.8 Å². The molecule has 0 saturated heterocycles. The molecule has 9 heteroatoms. The Balaban J connectivity index is 2.13. The standard InChI is InChI=1S/C22H29N3O5S/c1-4-25(31(28,29)5-2)18-13-11-17(12-14-18)21(26)24-20-10-7-6-9-19(20)22(27)23-15-8-16-30-3/h6-7,9-14H,4-5,8,15-16H2,1-3H3,(H,23,27)(H,24,26). The minimum Gasteiger partial charge on any atom is -0.385 e. The van der Waals surface area contributed by atoms with Crippen molar-refractivity contribution in [2.24, 2.45) is 0 Å². The van der Waals surface area contributed by atoms with Gasteiger partial charge in [-0.15, -0.1) is 0 Å². The van der Waals surface area contributed by atoms with Crippen LogP contribution in [-0.2, 0) is 14.8 Å². The molecule has 0 aliphatic rings. The topological polar surface area (TPSA) is 105 Å². The second-order valence-electron chi connectivity index (χ2n) is 6.71. The average Bonchev–Trinajstić information content (AvgIpc) is 2.77. The van der Waals surface area contributed by atoms with Crippen LogP contribution in [0.1, 0.15) is 41.0 Å². The van der Waals surface area contributed by atoms with Crippen molar-refractivity contribution >= 4 is 33.2 Å². The lowest BCUT2D eigenvalue weighted by atomic mass is 10.1. The number of carbonyl (C=O) groups excluding carboxylic acids is 2. The molecule has 0 saturated carbocycles. The molecule has 0 spiro atoms. The Morgan fingerprint density at radius 3 is 2.29 bits per heavy atom. The van der Waals surface area contributed by atoms with Crippen LogP contribution in [0.4, 0.5) is 11.4 Å². The first kappa shape index (κ1) is 24.4. The number of methoxy groups -OCH3 is 1. The second-order valence-corrected chi connectivity index (χ2v) is 8.90. The SMILES string of the molecule is CCN(c1ccc(C(=O)Nc2ccccc2C(=O)NCCCOC)cc1)S(=O)(=O)CC. The van der Waals surface area contributed by atoms with Crippen LogP contribution in [0.2, 0.25) is 0 Å². The van der Waals surface area contributed by atoms with Crippen molar-refractivity contribution in [1.29, 1.82) is 0 Å². The van der Waals surface area contributed by atoms with Crippen molar-refractivity contribution in [3.63, 3.8) is 0 Å². The third-order valence-corrected chi connectivity index (χ3v) is 6.51. The largest absolute Gasteiger partial charge is 0.385 e. The van der Waals surface area contributed by atoms with E-state index in [-0.39, 0.29) is 11.7 Å². The molecule has 0 heterocycles. The molecule has 0 atom stereocenters. The van der Waals surface area contributed by atoms with Gasteiger partial charge in [-0.2, -0.15) is 0 Å². The van der Waals surface area contributed by atoms with Gasteiger partial charge in [0.2, 0.25) is 10.0 Å². The number of anilines is 2. The molecular formula is C22H29N3O5S. The normalized spacial score (nSPS) is 11.1. The molecule has 2 rings (SSSR count). The summed E-state index contributed by atoms with van der Waals surface area (Å²) in [6.45, 7) is 4.65. The number of amides is 2. The van der Waals surface area contributed by atoms with Gasteiger partial charge >= 0.3 is 0 Å². The van der Waals surface area contributed by atoms with E-state index in [0.29, 0.717) is 48.6 Å². The van der Waals surface area contributed by atoms with Crippen LogP contribution in [0.3, 0.4) is 0 Å².